The third kappa shape index (κ3) is 6.51. The van der Waals surface area contributed by atoms with Crippen molar-refractivity contribution >= 4 is 24.4 Å². The van der Waals surface area contributed by atoms with Crippen LogP contribution in [0.3, 0.4) is 0 Å². The quantitative estimate of drug-likeness (QED) is 0.712. The molecule has 0 aliphatic carbocycles. The highest BCUT2D eigenvalue weighted by atomic mass is 32.5. The van der Waals surface area contributed by atoms with Gasteiger partial charge in [0, 0.05) is 13.5 Å². The summed E-state index contributed by atoms with van der Waals surface area (Å²) in [6.45, 7) is -3.12. The second-order valence-corrected chi connectivity index (χ2v) is 6.34. The average molecular weight is 276 g/mol. The average Bonchev–Trinajstić information content (AvgIpc) is 2.27. The Kier molecular flexibility index (Phi) is 7.18. The van der Waals surface area contributed by atoms with Gasteiger partial charge in [-0.1, -0.05) is 30.3 Å². The second-order valence-electron chi connectivity index (χ2n) is 3.22. The van der Waals surface area contributed by atoms with Crippen molar-refractivity contribution in [1.29, 1.82) is 0 Å². The normalized spacial score (nSPS) is 13.3. The maximum Gasteiger partial charge on any atom is 0.286 e. The van der Waals surface area contributed by atoms with Crippen molar-refractivity contribution < 1.29 is 14.2 Å². The van der Waals surface area contributed by atoms with Crippen LogP contribution in [0.2, 0.25) is 0 Å². The largest absolute Gasteiger partial charge is 0.344 e. The van der Waals surface area contributed by atoms with Crippen molar-refractivity contribution in [2.75, 3.05) is 7.11 Å². The van der Waals surface area contributed by atoms with Crippen molar-refractivity contribution in [3.05, 3.63) is 35.9 Å². The van der Waals surface area contributed by atoms with Crippen molar-refractivity contribution in [3.8, 4) is 0 Å². The van der Waals surface area contributed by atoms with Crippen LogP contribution in [0.25, 0.3) is 0 Å². The standard InChI is InChI=1S/C10H14NO3PS.H3N/c1-14-15(13,16)11-10(12)8-7-9-5-3-2-4-6-9;/h2-6H,7-8H2,1H3,(H2,11,12,13,16);1H3/t15-;/m0./s1. The molecule has 1 aromatic rings. The molecule has 0 unspecified atom stereocenters. The summed E-state index contributed by atoms with van der Waals surface area (Å²) in [6.07, 6.45) is 0.901. The van der Waals surface area contributed by atoms with E-state index in [9.17, 15) is 9.69 Å². The predicted octanol–water partition coefficient (Wildman–Crippen LogP) is 1.76. The lowest BCUT2D eigenvalue weighted by Gasteiger charge is -2.13. The van der Waals surface area contributed by atoms with Gasteiger partial charge in [-0.25, -0.2) is 0 Å². The molecule has 0 saturated carbocycles. The highest BCUT2D eigenvalue weighted by Crippen LogP contribution is 2.35. The Morgan fingerprint density at radius 2 is 2.06 bits per heavy atom. The zero-order chi connectivity index (χ0) is 12.0. The number of carbonyl (C=O) groups is 1. The zero-order valence-electron chi connectivity index (χ0n) is 9.63. The number of hydrogen-bond acceptors (Lipinski definition) is 4. The molecule has 0 saturated heterocycles. The molecule has 1 amide bonds. The predicted molar refractivity (Wildman–Crippen MR) is 71.4 cm³/mol. The molecule has 1 atom stereocenters. The summed E-state index contributed by atoms with van der Waals surface area (Å²) in [7, 11) is 1.28. The first-order valence-electron chi connectivity index (χ1n) is 4.77. The summed E-state index contributed by atoms with van der Waals surface area (Å²) in [5, 5.41) is 2.30. The number of nitrogens with one attached hydrogen (secondary N) is 1. The SMILES string of the molecule is CO[P@](O)(=S)NC(=O)CCc1ccccc1.N. The first-order valence-corrected chi connectivity index (χ1v) is 7.44. The molecule has 0 radical (unpaired) electrons. The van der Waals surface area contributed by atoms with Crippen molar-refractivity contribution in [2.45, 2.75) is 12.8 Å². The molecule has 0 aliphatic rings. The van der Waals surface area contributed by atoms with Crippen LogP contribution in [0.4, 0.5) is 0 Å². The summed E-state index contributed by atoms with van der Waals surface area (Å²) < 4.78 is 4.61. The highest BCUT2D eigenvalue weighted by Gasteiger charge is 2.14. The number of rotatable bonds is 5. The Balaban J connectivity index is 0.00000256. The van der Waals surface area contributed by atoms with E-state index in [1.807, 2.05) is 30.3 Å². The summed E-state index contributed by atoms with van der Waals surface area (Å²) in [5.41, 5.74) is 1.07. The number of amides is 1. The van der Waals surface area contributed by atoms with Crippen LogP contribution in [0.1, 0.15) is 12.0 Å². The zero-order valence-corrected chi connectivity index (χ0v) is 11.3. The molecule has 1 aromatic carbocycles. The van der Waals surface area contributed by atoms with Gasteiger partial charge >= 0.3 is 0 Å². The van der Waals surface area contributed by atoms with Gasteiger partial charge in [-0.2, -0.15) is 0 Å². The van der Waals surface area contributed by atoms with Crippen LogP contribution in [-0.2, 0) is 27.5 Å². The molecule has 0 spiro atoms. The fraction of sp³-hybridized carbons (Fsp3) is 0.300. The summed E-state index contributed by atoms with van der Waals surface area (Å²) in [5.74, 6) is -0.295. The molecule has 96 valence electrons. The minimum absolute atomic E-state index is 0. The van der Waals surface area contributed by atoms with Crippen LogP contribution in [0.5, 0.6) is 0 Å². The molecule has 0 heterocycles. The van der Waals surface area contributed by atoms with E-state index >= 15 is 0 Å². The summed E-state index contributed by atoms with van der Waals surface area (Å²) in [6, 6.07) is 9.64. The summed E-state index contributed by atoms with van der Waals surface area (Å²) >= 11 is 4.66. The van der Waals surface area contributed by atoms with Crippen molar-refractivity contribution in [3.63, 3.8) is 0 Å². The maximum atomic E-state index is 11.4. The molecular weight excluding hydrogens is 259 g/mol. The Labute approximate surface area is 106 Å². The van der Waals surface area contributed by atoms with Gasteiger partial charge in [0.25, 0.3) is 6.64 Å². The van der Waals surface area contributed by atoms with Gasteiger partial charge in [0.05, 0.1) is 0 Å². The van der Waals surface area contributed by atoms with E-state index in [1.165, 1.54) is 7.11 Å². The van der Waals surface area contributed by atoms with E-state index in [-0.39, 0.29) is 18.5 Å². The Hall–Kier alpha value is -0.780. The number of aryl methyl sites for hydroxylation is 1. The first-order chi connectivity index (χ1) is 7.53. The van der Waals surface area contributed by atoms with E-state index in [1.54, 1.807) is 0 Å². The number of benzene rings is 1. The van der Waals surface area contributed by atoms with Gasteiger partial charge in [0.2, 0.25) is 5.91 Å². The van der Waals surface area contributed by atoms with Gasteiger partial charge in [-0.3, -0.25) is 9.88 Å². The molecule has 17 heavy (non-hydrogen) atoms. The van der Waals surface area contributed by atoms with Crippen LogP contribution in [0.15, 0.2) is 30.3 Å². The molecule has 0 fully saturated rings. The highest BCUT2D eigenvalue weighted by molar-refractivity contribution is 8.08. The fourth-order valence-electron chi connectivity index (χ4n) is 1.16. The number of carbonyl (C=O) groups excluding carboxylic acids is 1. The Bertz CT molecular complexity index is 400. The van der Waals surface area contributed by atoms with Gasteiger partial charge in [0.15, 0.2) is 0 Å². The minimum Gasteiger partial charge on any atom is -0.344 e. The lowest BCUT2D eigenvalue weighted by atomic mass is 10.1. The molecule has 0 bridgehead atoms. The van der Waals surface area contributed by atoms with E-state index in [2.05, 4.69) is 21.4 Å². The molecule has 0 aromatic heterocycles. The van der Waals surface area contributed by atoms with Crippen molar-refractivity contribution in [2.24, 2.45) is 0 Å². The first kappa shape index (κ1) is 16.2. The molecular formula is C10H17N2O3PS. The second kappa shape index (κ2) is 7.53. The van der Waals surface area contributed by atoms with Crippen molar-refractivity contribution in [1.82, 2.24) is 11.2 Å². The topological polar surface area (TPSA) is 93.6 Å². The Morgan fingerprint density at radius 3 is 2.59 bits per heavy atom. The third-order valence-corrected chi connectivity index (χ3v) is 3.75. The Morgan fingerprint density at radius 1 is 1.47 bits per heavy atom. The van der Waals surface area contributed by atoms with Gasteiger partial charge in [0.1, 0.15) is 0 Å². The van der Waals surface area contributed by atoms with Crippen LogP contribution < -0.4 is 11.2 Å². The summed E-state index contributed by atoms with van der Waals surface area (Å²) in [4.78, 5) is 20.8. The molecule has 5 nitrogen and oxygen atoms in total. The van der Waals surface area contributed by atoms with Crippen LogP contribution in [-0.4, -0.2) is 17.9 Å². The lowest BCUT2D eigenvalue weighted by Crippen LogP contribution is -2.20. The van der Waals surface area contributed by atoms with Crippen LogP contribution >= 0.6 is 6.64 Å². The molecule has 0 aliphatic heterocycles. The minimum atomic E-state index is -3.12. The molecule has 5 N–H and O–H groups in total. The van der Waals surface area contributed by atoms with Gasteiger partial charge < -0.3 is 15.6 Å². The van der Waals surface area contributed by atoms with E-state index < -0.39 is 6.64 Å². The third-order valence-electron chi connectivity index (χ3n) is 2.00. The number of hydrogen-bond donors (Lipinski definition) is 3. The molecule has 7 heteroatoms. The van der Waals surface area contributed by atoms with E-state index in [0.29, 0.717) is 6.42 Å². The maximum absolute atomic E-state index is 11.4. The fourth-order valence-corrected chi connectivity index (χ4v) is 1.99. The molecule has 1 rings (SSSR count). The van der Waals surface area contributed by atoms with Crippen LogP contribution in [0, 0.1) is 0 Å². The smallest absolute Gasteiger partial charge is 0.286 e. The van der Waals surface area contributed by atoms with E-state index in [0.717, 1.165) is 5.56 Å². The van der Waals surface area contributed by atoms with Gasteiger partial charge in [-0.05, 0) is 23.8 Å². The monoisotopic (exact) mass is 276 g/mol. The van der Waals surface area contributed by atoms with E-state index in [4.69, 9.17) is 0 Å². The van der Waals surface area contributed by atoms with Gasteiger partial charge in [-0.15, -0.1) is 0 Å². The lowest BCUT2D eigenvalue weighted by molar-refractivity contribution is -0.119.